The quantitative estimate of drug-likeness (QED) is 0.717. The van der Waals surface area contributed by atoms with E-state index in [1.54, 1.807) is 6.20 Å². The lowest BCUT2D eigenvalue weighted by molar-refractivity contribution is 0.309. The van der Waals surface area contributed by atoms with Crippen molar-refractivity contribution in [1.82, 2.24) is 10.3 Å². The van der Waals surface area contributed by atoms with Gasteiger partial charge in [-0.3, -0.25) is 0 Å². The Balaban J connectivity index is 2.39. The maximum Gasteiger partial charge on any atom is 0.213 e. The zero-order chi connectivity index (χ0) is 13.4. The Hall–Kier alpha value is -1.35. The molecule has 0 spiro atoms. The van der Waals surface area contributed by atoms with Crippen LogP contribution in [0.4, 0.5) is 0 Å². The Bertz CT molecular complexity index is 375. The molecule has 0 bridgehead atoms. The van der Waals surface area contributed by atoms with Gasteiger partial charge >= 0.3 is 0 Å². The van der Waals surface area contributed by atoms with Crippen LogP contribution in [0.25, 0.3) is 0 Å². The summed E-state index contributed by atoms with van der Waals surface area (Å²) < 4.78 is 5.59. The summed E-state index contributed by atoms with van der Waals surface area (Å²) in [5.41, 5.74) is 2.33. The van der Waals surface area contributed by atoms with Gasteiger partial charge in [0, 0.05) is 25.2 Å². The van der Waals surface area contributed by atoms with Crippen molar-refractivity contribution in [2.45, 2.75) is 33.7 Å². The van der Waals surface area contributed by atoms with E-state index in [0.717, 1.165) is 25.1 Å². The Kier molecular flexibility index (Phi) is 6.44. The normalized spacial score (nSPS) is 10.7. The first-order valence-corrected chi connectivity index (χ1v) is 6.50. The van der Waals surface area contributed by atoms with Gasteiger partial charge in [0.15, 0.2) is 0 Å². The molecule has 0 aliphatic carbocycles. The molecular weight excluding hydrogens is 224 g/mol. The third-order valence-electron chi connectivity index (χ3n) is 2.46. The van der Waals surface area contributed by atoms with E-state index in [1.807, 2.05) is 19.1 Å². The van der Waals surface area contributed by atoms with Crippen LogP contribution in [0.15, 0.2) is 30.5 Å². The van der Waals surface area contributed by atoms with Gasteiger partial charge in [-0.25, -0.2) is 4.98 Å². The van der Waals surface area contributed by atoms with Gasteiger partial charge in [-0.2, -0.15) is 0 Å². The average Bonchev–Trinajstić information content (AvgIpc) is 2.28. The fourth-order valence-electron chi connectivity index (χ4n) is 1.47. The molecule has 0 fully saturated rings. The predicted octanol–water partition coefficient (Wildman–Crippen LogP) is 3.17. The molecule has 0 atom stereocenters. The molecule has 100 valence electrons. The highest BCUT2D eigenvalue weighted by molar-refractivity contribution is 5.20. The Morgan fingerprint density at radius 2 is 2.28 bits per heavy atom. The summed E-state index contributed by atoms with van der Waals surface area (Å²) in [5, 5.41) is 3.41. The fraction of sp³-hybridized carbons (Fsp3) is 0.533. The number of pyridine rings is 1. The second-order valence-corrected chi connectivity index (χ2v) is 5.08. The maximum absolute atomic E-state index is 5.59. The van der Waals surface area contributed by atoms with Crippen molar-refractivity contribution in [3.63, 3.8) is 0 Å². The lowest BCUT2D eigenvalue weighted by Crippen LogP contribution is -2.19. The molecule has 0 amide bonds. The van der Waals surface area contributed by atoms with Crippen LogP contribution in [-0.4, -0.2) is 18.1 Å². The van der Waals surface area contributed by atoms with E-state index in [2.05, 4.69) is 30.7 Å². The molecule has 0 aromatic carbocycles. The van der Waals surface area contributed by atoms with Crippen molar-refractivity contribution in [2.75, 3.05) is 13.2 Å². The van der Waals surface area contributed by atoms with Gasteiger partial charge in [0.1, 0.15) is 0 Å². The van der Waals surface area contributed by atoms with Crippen molar-refractivity contribution in [3.05, 3.63) is 36.0 Å². The van der Waals surface area contributed by atoms with Gasteiger partial charge in [0.2, 0.25) is 5.88 Å². The Morgan fingerprint density at radius 3 is 2.94 bits per heavy atom. The Labute approximate surface area is 110 Å². The van der Waals surface area contributed by atoms with Crippen LogP contribution in [0.3, 0.4) is 0 Å². The van der Waals surface area contributed by atoms with E-state index in [-0.39, 0.29) is 0 Å². The van der Waals surface area contributed by atoms with Gasteiger partial charge in [-0.1, -0.05) is 19.4 Å². The minimum absolute atomic E-state index is 0.644. The molecule has 3 nitrogen and oxygen atoms in total. The summed E-state index contributed by atoms with van der Waals surface area (Å²) in [4.78, 5) is 4.20. The molecule has 18 heavy (non-hydrogen) atoms. The van der Waals surface area contributed by atoms with Gasteiger partial charge in [0.05, 0.1) is 6.61 Å². The van der Waals surface area contributed by atoms with Gasteiger partial charge < -0.3 is 10.1 Å². The molecule has 0 saturated carbocycles. The van der Waals surface area contributed by atoms with Crippen LogP contribution < -0.4 is 10.1 Å². The van der Waals surface area contributed by atoms with Crippen LogP contribution in [-0.2, 0) is 6.54 Å². The van der Waals surface area contributed by atoms with Crippen LogP contribution in [0, 0.1) is 5.92 Å². The molecule has 0 aliphatic heterocycles. The van der Waals surface area contributed by atoms with Crippen molar-refractivity contribution < 1.29 is 4.74 Å². The topological polar surface area (TPSA) is 34.1 Å². The number of ether oxygens (including phenoxy) is 1. The smallest absolute Gasteiger partial charge is 0.213 e. The minimum Gasteiger partial charge on any atom is -0.477 e. The van der Waals surface area contributed by atoms with Crippen LogP contribution >= 0.6 is 0 Å². The number of aromatic nitrogens is 1. The molecular formula is C15H24N2O. The maximum atomic E-state index is 5.59. The standard InChI is InChI=1S/C15H24N2O/c1-12(2)6-8-18-15-9-14(5-7-17-15)11-16-10-13(3)4/h5,7,9,13,16H,1,6,8,10-11H2,2-4H3. The van der Waals surface area contributed by atoms with Gasteiger partial charge in [0.25, 0.3) is 0 Å². The van der Waals surface area contributed by atoms with E-state index in [9.17, 15) is 0 Å². The summed E-state index contributed by atoms with van der Waals surface area (Å²) in [6.45, 7) is 12.8. The third kappa shape index (κ3) is 6.40. The van der Waals surface area contributed by atoms with Crippen molar-refractivity contribution in [3.8, 4) is 5.88 Å². The largest absolute Gasteiger partial charge is 0.477 e. The molecule has 0 unspecified atom stereocenters. The summed E-state index contributed by atoms with van der Waals surface area (Å²) in [5.74, 6) is 1.36. The molecule has 1 rings (SSSR count). The first-order chi connectivity index (χ1) is 8.58. The van der Waals surface area contributed by atoms with Crippen LogP contribution in [0.5, 0.6) is 5.88 Å². The minimum atomic E-state index is 0.644. The molecule has 0 saturated heterocycles. The van der Waals surface area contributed by atoms with E-state index in [0.29, 0.717) is 18.4 Å². The number of hydrogen-bond acceptors (Lipinski definition) is 3. The average molecular weight is 248 g/mol. The van der Waals surface area contributed by atoms with Crippen LogP contribution in [0.1, 0.15) is 32.8 Å². The Morgan fingerprint density at radius 1 is 1.50 bits per heavy atom. The molecule has 1 N–H and O–H groups in total. The lowest BCUT2D eigenvalue weighted by atomic mass is 10.2. The molecule has 0 radical (unpaired) electrons. The van der Waals surface area contributed by atoms with Crippen LogP contribution in [0.2, 0.25) is 0 Å². The predicted molar refractivity (Wildman–Crippen MR) is 75.7 cm³/mol. The highest BCUT2D eigenvalue weighted by Gasteiger charge is 1.99. The second kappa shape index (κ2) is 7.88. The van der Waals surface area contributed by atoms with Crippen molar-refractivity contribution in [2.24, 2.45) is 5.92 Å². The van der Waals surface area contributed by atoms with Crippen molar-refractivity contribution >= 4 is 0 Å². The number of hydrogen-bond donors (Lipinski definition) is 1. The SMILES string of the molecule is C=C(C)CCOc1cc(CNCC(C)C)ccn1. The number of nitrogens with zero attached hydrogens (tertiary/aromatic N) is 1. The van der Waals surface area contributed by atoms with Crippen molar-refractivity contribution in [1.29, 1.82) is 0 Å². The number of rotatable bonds is 8. The summed E-state index contributed by atoms with van der Waals surface area (Å²) in [6.07, 6.45) is 2.67. The van der Waals surface area contributed by atoms with Gasteiger partial charge in [-0.05, 0) is 31.0 Å². The van der Waals surface area contributed by atoms with E-state index in [4.69, 9.17) is 4.74 Å². The third-order valence-corrected chi connectivity index (χ3v) is 2.46. The zero-order valence-corrected chi connectivity index (χ0v) is 11.7. The van der Waals surface area contributed by atoms with E-state index >= 15 is 0 Å². The molecule has 1 aromatic heterocycles. The highest BCUT2D eigenvalue weighted by Crippen LogP contribution is 2.10. The molecule has 3 heteroatoms. The summed E-state index contributed by atoms with van der Waals surface area (Å²) >= 11 is 0. The highest BCUT2D eigenvalue weighted by atomic mass is 16.5. The first-order valence-electron chi connectivity index (χ1n) is 6.50. The molecule has 1 aromatic rings. The zero-order valence-electron chi connectivity index (χ0n) is 11.7. The van der Waals surface area contributed by atoms with Gasteiger partial charge in [-0.15, -0.1) is 6.58 Å². The fourth-order valence-corrected chi connectivity index (χ4v) is 1.47. The first kappa shape index (κ1) is 14.7. The van der Waals surface area contributed by atoms with E-state index in [1.165, 1.54) is 5.56 Å². The summed E-state index contributed by atoms with van der Waals surface area (Å²) in [6, 6.07) is 4.00. The lowest BCUT2D eigenvalue weighted by Gasteiger charge is -2.09. The number of nitrogens with one attached hydrogen (secondary N) is 1. The molecule has 1 heterocycles. The molecule has 0 aliphatic rings. The monoisotopic (exact) mass is 248 g/mol. The second-order valence-electron chi connectivity index (χ2n) is 5.08. The van der Waals surface area contributed by atoms with E-state index < -0.39 is 0 Å². The summed E-state index contributed by atoms with van der Waals surface area (Å²) in [7, 11) is 0.